The third-order valence-electron chi connectivity index (χ3n) is 2.36. The van der Waals surface area contributed by atoms with Crippen LogP contribution in [-0.2, 0) is 0 Å². The number of rotatable bonds is 3. The minimum absolute atomic E-state index is 0.272. The molecule has 0 aliphatic carbocycles. The van der Waals surface area contributed by atoms with Crippen LogP contribution < -0.4 is 0 Å². The Morgan fingerprint density at radius 3 is 2.19 bits per heavy atom. The van der Waals surface area contributed by atoms with Crippen LogP contribution in [0.2, 0.25) is 0 Å². The second-order valence-corrected chi connectivity index (χ2v) is 3.77. The molecule has 0 spiro atoms. The summed E-state index contributed by atoms with van der Waals surface area (Å²) in [6.07, 6.45) is 3.84. The highest BCUT2D eigenvalue weighted by Gasteiger charge is 2.33. The lowest BCUT2D eigenvalue weighted by Crippen LogP contribution is -2.23. The van der Waals surface area contributed by atoms with E-state index in [1.807, 2.05) is 0 Å². The Balaban J connectivity index is 2.28. The van der Waals surface area contributed by atoms with Crippen LogP contribution in [0.3, 0.4) is 0 Å². The van der Waals surface area contributed by atoms with Crippen LogP contribution in [0.5, 0.6) is 0 Å². The standard InChI is InChI=1S/C12H10ClNO2/c13-7-3-4-8-14-11(15)9-5-1-2-6-10(9)12(14)16/h1-2,4-6,8H,3,7H2. The monoisotopic (exact) mass is 235 g/mol. The largest absolute Gasteiger partial charge is 0.268 e. The normalized spacial score (nSPS) is 14.9. The third kappa shape index (κ3) is 1.74. The predicted octanol–water partition coefficient (Wildman–Crippen LogP) is 2.43. The lowest BCUT2D eigenvalue weighted by atomic mass is 10.1. The summed E-state index contributed by atoms with van der Waals surface area (Å²) in [5.41, 5.74) is 0.922. The molecule has 1 aliphatic heterocycles. The first kappa shape index (κ1) is 10.9. The van der Waals surface area contributed by atoms with Crippen molar-refractivity contribution in [2.75, 3.05) is 5.88 Å². The Morgan fingerprint density at radius 2 is 1.69 bits per heavy atom. The van der Waals surface area contributed by atoms with Gasteiger partial charge in [-0.3, -0.25) is 9.59 Å². The van der Waals surface area contributed by atoms with Crippen LogP contribution in [0.1, 0.15) is 27.1 Å². The fourth-order valence-corrected chi connectivity index (χ4v) is 1.71. The van der Waals surface area contributed by atoms with Crippen LogP contribution in [-0.4, -0.2) is 22.6 Å². The zero-order chi connectivity index (χ0) is 11.5. The fraction of sp³-hybridized carbons (Fsp3) is 0.167. The van der Waals surface area contributed by atoms with Crippen molar-refractivity contribution < 1.29 is 9.59 Å². The highest BCUT2D eigenvalue weighted by atomic mass is 35.5. The van der Waals surface area contributed by atoms with Crippen molar-refractivity contribution in [2.45, 2.75) is 6.42 Å². The van der Waals surface area contributed by atoms with Gasteiger partial charge in [0.25, 0.3) is 11.8 Å². The minimum atomic E-state index is -0.272. The number of nitrogens with zero attached hydrogens (tertiary/aromatic N) is 1. The Hall–Kier alpha value is -1.61. The molecule has 0 radical (unpaired) electrons. The highest BCUT2D eigenvalue weighted by Crippen LogP contribution is 2.22. The highest BCUT2D eigenvalue weighted by molar-refractivity contribution is 6.22. The number of imide groups is 1. The molecule has 1 heterocycles. The van der Waals surface area contributed by atoms with Gasteiger partial charge in [-0.15, -0.1) is 11.6 Å². The SMILES string of the molecule is O=C1c2ccccc2C(=O)N1C=CCCCl. The third-order valence-corrected chi connectivity index (χ3v) is 2.57. The molecule has 0 atom stereocenters. The number of hydrogen-bond acceptors (Lipinski definition) is 2. The summed E-state index contributed by atoms with van der Waals surface area (Å²) in [6, 6.07) is 6.81. The van der Waals surface area contributed by atoms with Gasteiger partial charge in [-0.2, -0.15) is 0 Å². The molecule has 2 amide bonds. The van der Waals surface area contributed by atoms with Gasteiger partial charge < -0.3 is 0 Å². The molecule has 1 aromatic rings. The molecular formula is C12H10ClNO2. The Morgan fingerprint density at radius 1 is 1.12 bits per heavy atom. The van der Waals surface area contributed by atoms with Crippen molar-refractivity contribution in [1.82, 2.24) is 4.90 Å². The molecule has 1 aliphatic rings. The van der Waals surface area contributed by atoms with Gasteiger partial charge in [-0.25, -0.2) is 4.90 Å². The summed E-state index contributed by atoms with van der Waals surface area (Å²) in [5, 5.41) is 0. The number of alkyl halides is 1. The van der Waals surface area contributed by atoms with E-state index in [9.17, 15) is 9.59 Å². The number of carbonyl (C=O) groups excluding carboxylic acids is 2. The smallest absolute Gasteiger partial charge is 0.265 e. The van der Waals surface area contributed by atoms with E-state index in [0.29, 0.717) is 23.4 Å². The van der Waals surface area contributed by atoms with Gasteiger partial charge >= 0.3 is 0 Å². The Labute approximate surface area is 98.3 Å². The van der Waals surface area contributed by atoms with Gasteiger partial charge in [-0.1, -0.05) is 18.2 Å². The van der Waals surface area contributed by atoms with Gasteiger partial charge in [-0.05, 0) is 18.6 Å². The molecule has 0 unspecified atom stereocenters. The molecule has 82 valence electrons. The Bertz CT molecular complexity index is 433. The van der Waals surface area contributed by atoms with E-state index in [-0.39, 0.29) is 11.8 Å². The average Bonchev–Trinajstić information content (AvgIpc) is 2.55. The summed E-state index contributed by atoms with van der Waals surface area (Å²) in [7, 11) is 0. The molecular weight excluding hydrogens is 226 g/mol. The van der Waals surface area contributed by atoms with Crippen molar-refractivity contribution in [1.29, 1.82) is 0 Å². The molecule has 1 aromatic carbocycles. The minimum Gasteiger partial charge on any atom is -0.268 e. The molecule has 0 N–H and O–H groups in total. The van der Waals surface area contributed by atoms with Crippen LogP contribution in [0, 0.1) is 0 Å². The molecule has 2 rings (SSSR count). The van der Waals surface area contributed by atoms with E-state index >= 15 is 0 Å². The van der Waals surface area contributed by atoms with E-state index in [1.165, 1.54) is 6.20 Å². The fourth-order valence-electron chi connectivity index (χ4n) is 1.59. The summed E-state index contributed by atoms with van der Waals surface area (Å²) in [6.45, 7) is 0. The van der Waals surface area contributed by atoms with Gasteiger partial charge in [0.15, 0.2) is 0 Å². The predicted molar refractivity (Wildman–Crippen MR) is 61.4 cm³/mol. The van der Waals surface area contributed by atoms with Gasteiger partial charge in [0.05, 0.1) is 11.1 Å². The molecule has 0 fully saturated rings. The number of hydrogen-bond donors (Lipinski definition) is 0. The zero-order valence-corrected chi connectivity index (χ0v) is 9.28. The number of fused-ring (bicyclic) bond motifs is 1. The van der Waals surface area contributed by atoms with Gasteiger partial charge in [0, 0.05) is 12.1 Å². The molecule has 0 saturated carbocycles. The van der Waals surface area contributed by atoms with Crippen molar-refractivity contribution >= 4 is 23.4 Å². The number of benzene rings is 1. The van der Waals surface area contributed by atoms with Crippen molar-refractivity contribution in [3.63, 3.8) is 0 Å². The molecule has 0 aromatic heterocycles. The summed E-state index contributed by atoms with van der Waals surface area (Å²) < 4.78 is 0. The van der Waals surface area contributed by atoms with E-state index < -0.39 is 0 Å². The number of halogens is 1. The second-order valence-electron chi connectivity index (χ2n) is 3.39. The molecule has 0 bridgehead atoms. The lowest BCUT2D eigenvalue weighted by Gasteiger charge is -2.06. The van der Waals surface area contributed by atoms with Crippen molar-refractivity contribution in [3.05, 3.63) is 47.7 Å². The van der Waals surface area contributed by atoms with Crippen molar-refractivity contribution in [2.24, 2.45) is 0 Å². The van der Waals surface area contributed by atoms with Crippen molar-refractivity contribution in [3.8, 4) is 0 Å². The first-order valence-electron chi connectivity index (χ1n) is 4.95. The Kier molecular flexibility index (Phi) is 3.06. The first-order chi connectivity index (χ1) is 7.75. The van der Waals surface area contributed by atoms with Crippen LogP contribution in [0.25, 0.3) is 0 Å². The molecule has 0 saturated heterocycles. The molecule has 4 heteroatoms. The zero-order valence-electron chi connectivity index (χ0n) is 8.52. The molecule has 16 heavy (non-hydrogen) atoms. The average molecular weight is 236 g/mol. The van der Waals surface area contributed by atoms with Crippen LogP contribution >= 0.6 is 11.6 Å². The summed E-state index contributed by atoms with van der Waals surface area (Å²) in [4.78, 5) is 24.8. The maximum atomic E-state index is 11.8. The van der Waals surface area contributed by atoms with Crippen LogP contribution in [0.15, 0.2) is 36.5 Å². The first-order valence-corrected chi connectivity index (χ1v) is 5.48. The van der Waals surface area contributed by atoms with Gasteiger partial charge in [0.1, 0.15) is 0 Å². The quantitative estimate of drug-likeness (QED) is 0.596. The topological polar surface area (TPSA) is 37.4 Å². The van der Waals surface area contributed by atoms with E-state index in [4.69, 9.17) is 11.6 Å². The number of amides is 2. The second kappa shape index (κ2) is 4.49. The van der Waals surface area contributed by atoms with E-state index in [0.717, 1.165) is 4.90 Å². The molecule has 3 nitrogen and oxygen atoms in total. The maximum Gasteiger partial charge on any atom is 0.265 e. The number of carbonyl (C=O) groups is 2. The van der Waals surface area contributed by atoms with E-state index in [1.54, 1.807) is 30.3 Å². The lowest BCUT2D eigenvalue weighted by molar-refractivity contribution is 0.0721. The van der Waals surface area contributed by atoms with Crippen LogP contribution in [0.4, 0.5) is 0 Å². The summed E-state index contributed by atoms with van der Waals surface area (Å²) in [5.74, 6) is -0.0718. The summed E-state index contributed by atoms with van der Waals surface area (Å²) >= 11 is 5.51. The maximum absolute atomic E-state index is 11.8. The van der Waals surface area contributed by atoms with E-state index in [2.05, 4.69) is 0 Å². The number of allylic oxidation sites excluding steroid dienone is 1. The van der Waals surface area contributed by atoms with Gasteiger partial charge in [0.2, 0.25) is 0 Å².